The minimum Gasteiger partial charge on any atom is -0.482 e. The van der Waals surface area contributed by atoms with E-state index < -0.39 is 5.91 Å². The third-order valence-corrected chi connectivity index (χ3v) is 5.91. The van der Waals surface area contributed by atoms with Crippen molar-refractivity contribution in [1.29, 1.82) is 5.26 Å². The fraction of sp³-hybridized carbons (Fsp3) is 0.421. The van der Waals surface area contributed by atoms with Crippen LogP contribution in [0.2, 0.25) is 10.0 Å². The Morgan fingerprint density at radius 2 is 2.19 bits per heavy atom. The first-order valence-corrected chi connectivity index (χ1v) is 9.24. The molecule has 1 atom stereocenters. The highest BCUT2D eigenvalue weighted by Crippen LogP contribution is 2.58. The van der Waals surface area contributed by atoms with Crippen LogP contribution in [-0.4, -0.2) is 18.3 Å². The molecule has 0 heterocycles. The molecule has 3 rings (SSSR count). The molecule has 0 aromatic heterocycles. The van der Waals surface area contributed by atoms with Crippen LogP contribution in [0.4, 0.5) is 0 Å². The number of fused-ring (bicyclic) bond motifs is 3. The average Bonchev–Trinajstić information content (AvgIpc) is 2.91. The third kappa shape index (κ3) is 3.20. The zero-order valence-electron chi connectivity index (χ0n) is 14.3. The molecular weight excluding hydrogens is 375 g/mol. The quantitative estimate of drug-likeness (QED) is 0.605. The van der Waals surface area contributed by atoms with Gasteiger partial charge in [-0.1, -0.05) is 36.5 Å². The zero-order valence-corrected chi connectivity index (χ0v) is 15.8. The second-order valence-electron chi connectivity index (χ2n) is 6.72. The first-order chi connectivity index (χ1) is 12.4. The van der Waals surface area contributed by atoms with Gasteiger partial charge >= 0.3 is 0 Å². The number of nitriles is 1. The first kappa shape index (κ1) is 18.8. The lowest BCUT2D eigenvalue weighted by atomic mass is 9.70. The number of benzene rings is 1. The summed E-state index contributed by atoms with van der Waals surface area (Å²) >= 11 is 12.9. The Labute approximate surface area is 161 Å². The number of carbonyl (C=O) groups excluding carboxylic acids is 2. The first-order valence-electron chi connectivity index (χ1n) is 8.49. The lowest BCUT2D eigenvalue weighted by Crippen LogP contribution is -2.25. The Morgan fingerprint density at radius 3 is 2.88 bits per heavy atom. The van der Waals surface area contributed by atoms with Crippen molar-refractivity contribution in [2.24, 2.45) is 5.41 Å². The number of nitrogens with one attached hydrogen (secondary N) is 1. The molecule has 0 saturated heterocycles. The van der Waals surface area contributed by atoms with Crippen LogP contribution in [0, 0.1) is 16.9 Å². The Balaban J connectivity index is 2.00. The predicted octanol–water partition coefficient (Wildman–Crippen LogP) is 4.06. The van der Waals surface area contributed by atoms with E-state index in [2.05, 4.69) is 6.92 Å². The molecule has 2 aliphatic rings. The molecule has 0 saturated carbocycles. The summed E-state index contributed by atoms with van der Waals surface area (Å²) in [5.41, 5.74) is 2.69. The maximum atomic E-state index is 12.0. The molecule has 0 spiro atoms. The standard InChI is InChI=1S/C19H18Cl2N2O3/c1-2-4-19-5-3-12(24)7-13(19)16-11(8-19)6-14(17(20)18(16)21)26-9-15(25)23-10-22/h6-7H,2-5,8-9H2,1H3,(H,23,25)/t19-/m1/s1. The van der Waals surface area contributed by atoms with E-state index >= 15 is 0 Å². The monoisotopic (exact) mass is 392 g/mol. The normalized spacial score (nSPS) is 20.7. The maximum absolute atomic E-state index is 12.0. The summed E-state index contributed by atoms with van der Waals surface area (Å²) in [6, 6.07) is 1.80. The van der Waals surface area contributed by atoms with Gasteiger partial charge in [-0.2, -0.15) is 5.26 Å². The number of amides is 1. The fourth-order valence-electron chi connectivity index (χ4n) is 4.03. The van der Waals surface area contributed by atoms with Gasteiger partial charge in [-0.25, -0.2) is 0 Å². The molecule has 26 heavy (non-hydrogen) atoms. The van der Waals surface area contributed by atoms with Crippen molar-refractivity contribution in [3.63, 3.8) is 0 Å². The molecule has 0 unspecified atom stereocenters. The highest BCUT2D eigenvalue weighted by molar-refractivity contribution is 6.44. The summed E-state index contributed by atoms with van der Waals surface area (Å²) in [5.74, 6) is -0.148. The van der Waals surface area contributed by atoms with Crippen molar-refractivity contribution in [3.8, 4) is 11.9 Å². The van der Waals surface area contributed by atoms with Gasteiger partial charge < -0.3 is 4.74 Å². The van der Waals surface area contributed by atoms with E-state index in [1.807, 2.05) is 5.32 Å². The van der Waals surface area contributed by atoms with Crippen LogP contribution in [0.5, 0.6) is 5.75 Å². The number of hydrogen-bond donors (Lipinski definition) is 1. The van der Waals surface area contributed by atoms with E-state index in [-0.39, 0.29) is 22.8 Å². The van der Waals surface area contributed by atoms with Crippen molar-refractivity contribution in [1.82, 2.24) is 5.32 Å². The van der Waals surface area contributed by atoms with E-state index in [0.717, 1.165) is 42.4 Å². The minimum atomic E-state index is -0.565. The number of ether oxygens (including phenoxy) is 1. The Kier molecular flexibility index (Phi) is 5.27. The number of carbonyl (C=O) groups is 2. The van der Waals surface area contributed by atoms with Crippen molar-refractivity contribution >= 4 is 40.5 Å². The molecule has 136 valence electrons. The van der Waals surface area contributed by atoms with Crippen molar-refractivity contribution in [2.45, 2.75) is 39.0 Å². The van der Waals surface area contributed by atoms with Crippen molar-refractivity contribution in [2.75, 3.05) is 6.61 Å². The number of allylic oxidation sites excluding steroid dienone is 2. The van der Waals surface area contributed by atoms with Crippen LogP contribution in [0.15, 0.2) is 12.1 Å². The largest absolute Gasteiger partial charge is 0.482 e. The summed E-state index contributed by atoms with van der Waals surface area (Å²) in [4.78, 5) is 23.5. The number of ketones is 1. The molecule has 5 nitrogen and oxygen atoms in total. The summed E-state index contributed by atoms with van der Waals surface area (Å²) in [5, 5.41) is 11.0. The number of halogens is 2. The van der Waals surface area contributed by atoms with Crippen LogP contribution < -0.4 is 10.1 Å². The lowest BCUT2D eigenvalue weighted by molar-refractivity contribution is -0.122. The molecule has 1 amide bonds. The van der Waals surface area contributed by atoms with Gasteiger partial charge in [-0.15, -0.1) is 0 Å². The fourth-order valence-corrected chi connectivity index (χ4v) is 4.55. The van der Waals surface area contributed by atoms with Gasteiger partial charge in [0.25, 0.3) is 5.91 Å². The van der Waals surface area contributed by atoms with E-state index in [4.69, 9.17) is 33.2 Å². The summed E-state index contributed by atoms with van der Waals surface area (Å²) < 4.78 is 5.46. The molecule has 0 radical (unpaired) electrons. The van der Waals surface area contributed by atoms with Gasteiger partial charge in [-0.3, -0.25) is 14.9 Å². The third-order valence-electron chi connectivity index (χ3n) is 5.06. The molecule has 1 aromatic rings. The van der Waals surface area contributed by atoms with E-state index in [0.29, 0.717) is 17.2 Å². The number of nitrogens with zero attached hydrogens (tertiary/aromatic N) is 1. The molecule has 1 aromatic carbocycles. The zero-order chi connectivity index (χ0) is 18.9. The average molecular weight is 393 g/mol. The van der Waals surface area contributed by atoms with Gasteiger partial charge in [0.15, 0.2) is 18.6 Å². The van der Waals surface area contributed by atoms with Crippen molar-refractivity contribution in [3.05, 3.63) is 33.3 Å². The van der Waals surface area contributed by atoms with E-state index in [9.17, 15) is 9.59 Å². The Hall–Kier alpha value is -2.03. The van der Waals surface area contributed by atoms with Crippen molar-refractivity contribution < 1.29 is 14.3 Å². The molecular formula is C19H18Cl2N2O3. The molecule has 7 heteroatoms. The second-order valence-corrected chi connectivity index (χ2v) is 7.47. The van der Waals surface area contributed by atoms with Crippen LogP contribution >= 0.6 is 23.2 Å². The SMILES string of the molecule is CCC[C@]12CCC(=O)C=C1c1c(cc(OCC(=O)NC#N)c(Cl)c1Cl)C2. The smallest absolute Gasteiger partial charge is 0.270 e. The summed E-state index contributed by atoms with van der Waals surface area (Å²) in [7, 11) is 0. The molecule has 0 aliphatic heterocycles. The van der Waals surface area contributed by atoms with Gasteiger partial charge in [0.1, 0.15) is 10.8 Å². The highest BCUT2D eigenvalue weighted by Gasteiger charge is 2.45. The Bertz CT molecular complexity index is 857. The second kappa shape index (κ2) is 7.30. The highest BCUT2D eigenvalue weighted by atomic mass is 35.5. The summed E-state index contributed by atoms with van der Waals surface area (Å²) in [6.45, 7) is 1.80. The van der Waals surface area contributed by atoms with E-state index in [1.165, 1.54) is 0 Å². The van der Waals surface area contributed by atoms with Gasteiger partial charge in [0.2, 0.25) is 0 Å². The van der Waals surface area contributed by atoms with Gasteiger partial charge in [0.05, 0.1) is 5.02 Å². The molecule has 1 N–H and O–H groups in total. The number of rotatable bonds is 5. The topological polar surface area (TPSA) is 79.2 Å². The lowest BCUT2D eigenvalue weighted by Gasteiger charge is -2.33. The predicted molar refractivity (Wildman–Crippen MR) is 99.0 cm³/mol. The molecule has 2 aliphatic carbocycles. The van der Waals surface area contributed by atoms with Crippen LogP contribution in [-0.2, 0) is 16.0 Å². The molecule has 0 fully saturated rings. The van der Waals surface area contributed by atoms with Crippen LogP contribution in [0.1, 0.15) is 43.7 Å². The van der Waals surface area contributed by atoms with Gasteiger partial charge in [-0.05, 0) is 42.5 Å². The van der Waals surface area contributed by atoms with Crippen LogP contribution in [0.3, 0.4) is 0 Å². The summed E-state index contributed by atoms with van der Waals surface area (Å²) in [6.07, 6.45) is 7.35. The maximum Gasteiger partial charge on any atom is 0.270 e. The van der Waals surface area contributed by atoms with E-state index in [1.54, 1.807) is 18.3 Å². The Morgan fingerprint density at radius 1 is 1.42 bits per heavy atom. The minimum absolute atomic E-state index is 0.0885. The number of hydrogen-bond acceptors (Lipinski definition) is 4. The molecule has 0 bridgehead atoms. The van der Waals surface area contributed by atoms with Gasteiger partial charge in [0, 0.05) is 17.4 Å². The van der Waals surface area contributed by atoms with Crippen LogP contribution in [0.25, 0.3) is 5.57 Å².